The summed E-state index contributed by atoms with van der Waals surface area (Å²) in [6.07, 6.45) is 8.23. The van der Waals surface area contributed by atoms with E-state index < -0.39 is 0 Å². The molecule has 3 aromatic carbocycles. The maximum absolute atomic E-state index is 12.4. The van der Waals surface area contributed by atoms with Crippen molar-refractivity contribution in [3.05, 3.63) is 93.5 Å². The second-order valence-corrected chi connectivity index (χ2v) is 11.3. The standard InChI is InChI=1S/C36H41NO/c1-7-9-12-27(8-2)22-37-35-16-15-28(26(6)38)19-33(35)34-21-29(30-13-10-11-14-31(30)36(34)37)20-32-24(4)17-23(3)18-25(32)5/h10-11,13-20,27H,7-9,12,21-22H2,1-6H3. The van der Waals surface area contributed by atoms with Gasteiger partial charge in [0.1, 0.15) is 0 Å². The Morgan fingerprint density at radius 2 is 1.68 bits per heavy atom. The Kier molecular flexibility index (Phi) is 7.43. The van der Waals surface area contributed by atoms with Gasteiger partial charge in [0.05, 0.1) is 5.69 Å². The van der Waals surface area contributed by atoms with Crippen molar-refractivity contribution in [1.82, 2.24) is 4.57 Å². The van der Waals surface area contributed by atoms with Crippen molar-refractivity contribution >= 4 is 28.3 Å². The number of Topliss-reactive ketones (excluding diaryl/α,β-unsaturated/α-hetero) is 1. The van der Waals surface area contributed by atoms with Gasteiger partial charge in [-0.15, -0.1) is 0 Å². The fourth-order valence-corrected chi connectivity index (χ4v) is 6.47. The van der Waals surface area contributed by atoms with E-state index in [9.17, 15) is 4.79 Å². The van der Waals surface area contributed by atoms with Crippen LogP contribution in [0.3, 0.4) is 0 Å². The summed E-state index contributed by atoms with van der Waals surface area (Å²) >= 11 is 0. The molecule has 0 aliphatic heterocycles. The Morgan fingerprint density at radius 1 is 0.974 bits per heavy atom. The van der Waals surface area contributed by atoms with Crippen LogP contribution in [0.4, 0.5) is 0 Å². The van der Waals surface area contributed by atoms with Crippen molar-refractivity contribution < 1.29 is 4.79 Å². The topological polar surface area (TPSA) is 22.0 Å². The lowest BCUT2D eigenvalue weighted by molar-refractivity contribution is 0.101. The lowest BCUT2D eigenvalue weighted by Crippen LogP contribution is -2.13. The van der Waals surface area contributed by atoms with Crippen LogP contribution in [0.15, 0.2) is 54.6 Å². The predicted molar refractivity (Wildman–Crippen MR) is 163 cm³/mol. The number of hydrogen-bond acceptors (Lipinski definition) is 1. The molecule has 1 aromatic heterocycles. The molecule has 5 rings (SSSR count). The smallest absolute Gasteiger partial charge is 0.159 e. The van der Waals surface area contributed by atoms with Crippen molar-refractivity contribution in [2.45, 2.75) is 80.2 Å². The highest BCUT2D eigenvalue weighted by Gasteiger charge is 2.28. The summed E-state index contributed by atoms with van der Waals surface area (Å²) in [7, 11) is 0. The second kappa shape index (κ2) is 10.8. The minimum atomic E-state index is 0.126. The Hall–Kier alpha value is -3.39. The molecule has 1 unspecified atom stereocenters. The molecule has 1 atom stereocenters. The van der Waals surface area contributed by atoms with E-state index in [0.29, 0.717) is 5.92 Å². The number of ketones is 1. The third kappa shape index (κ3) is 4.77. The molecule has 0 N–H and O–H groups in total. The molecule has 0 fully saturated rings. The Labute approximate surface area is 228 Å². The van der Waals surface area contributed by atoms with Crippen molar-refractivity contribution in [2.75, 3.05) is 0 Å². The first-order valence-electron chi connectivity index (χ1n) is 14.4. The Balaban J connectivity index is 1.75. The summed E-state index contributed by atoms with van der Waals surface area (Å²) in [4.78, 5) is 12.4. The van der Waals surface area contributed by atoms with E-state index in [2.05, 4.69) is 93.8 Å². The molecule has 196 valence electrons. The molecular formula is C36H41NO. The maximum atomic E-state index is 12.4. The minimum Gasteiger partial charge on any atom is -0.340 e. The van der Waals surface area contributed by atoms with Gasteiger partial charge in [0, 0.05) is 35.0 Å². The zero-order valence-corrected chi connectivity index (χ0v) is 23.9. The van der Waals surface area contributed by atoms with Gasteiger partial charge in [-0.25, -0.2) is 0 Å². The van der Waals surface area contributed by atoms with Crippen LogP contribution in [0.2, 0.25) is 0 Å². The molecule has 4 aromatic rings. The van der Waals surface area contributed by atoms with E-state index in [0.717, 1.165) is 18.5 Å². The summed E-state index contributed by atoms with van der Waals surface area (Å²) in [6, 6.07) is 19.9. The number of aryl methyl sites for hydroxylation is 3. The van der Waals surface area contributed by atoms with E-state index in [1.165, 1.54) is 86.8 Å². The number of unbranched alkanes of at least 4 members (excludes halogenated alkanes) is 1. The molecule has 0 spiro atoms. The fraction of sp³-hybridized carbons (Fsp3) is 0.361. The van der Waals surface area contributed by atoms with Gasteiger partial charge < -0.3 is 4.57 Å². The van der Waals surface area contributed by atoms with Crippen LogP contribution in [0, 0.1) is 26.7 Å². The van der Waals surface area contributed by atoms with Crippen LogP contribution in [0.1, 0.15) is 90.2 Å². The average molecular weight is 504 g/mol. The molecule has 38 heavy (non-hydrogen) atoms. The summed E-state index contributed by atoms with van der Waals surface area (Å²) in [6.45, 7) is 13.9. The van der Waals surface area contributed by atoms with Crippen molar-refractivity contribution in [2.24, 2.45) is 5.92 Å². The van der Waals surface area contributed by atoms with Gasteiger partial charge in [-0.05, 0) is 91.6 Å². The van der Waals surface area contributed by atoms with Crippen LogP contribution < -0.4 is 0 Å². The lowest BCUT2D eigenvalue weighted by Gasteiger charge is -2.25. The maximum Gasteiger partial charge on any atom is 0.159 e. The quantitative estimate of drug-likeness (QED) is 0.219. The predicted octanol–water partition coefficient (Wildman–Crippen LogP) is 9.75. The Morgan fingerprint density at radius 3 is 2.34 bits per heavy atom. The van der Waals surface area contributed by atoms with Crippen molar-refractivity contribution in [3.63, 3.8) is 0 Å². The average Bonchev–Trinajstić information content (AvgIpc) is 3.21. The third-order valence-corrected chi connectivity index (χ3v) is 8.51. The summed E-state index contributed by atoms with van der Waals surface area (Å²) < 4.78 is 2.58. The first kappa shape index (κ1) is 26.2. The number of aromatic nitrogens is 1. The SMILES string of the molecule is CCCCC(CC)Cn1c2c(c3cc(C(C)=O)ccc31)CC(=Cc1c(C)cc(C)cc1C)c1ccccc1-2. The van der Waals surface area contributed by atoms with Gasteiger partial charge in [-0.3, -0.25) is 4.79 Å². The summed E-state index contributed by atoms with van der Waals surface area (Å²) in [5, 5.41) is 1.23. The molecule has 1 aliphatic rings. The molecule has 2 nitrogen and oxygen atoms in total. The van der Waals surface area contributed by atoms with Gasteiger partial charge in [0.15, 0.2) is 5.78 Å². The second-order valence-electron chi connectivity index (χ2n) is 11.3. The van der Waals surface area contributed by atoms with Crippen LogP contribution in [0.5, 0.6) is 0 Å². The largest absolute Gasteiger partial charge is 0.340 e. The number of nitrogens with zero attached hydrogens (tertiary/aromatic N) is 1. The van der Waals surface area contributed by atoms with Gasteiger partial charge in [0.25, 0.3) is 0 Å². The molecule has 0 amide bonds. The number of carbonyl (C=O) groups is 1. The lowest BCUT2D eigenvalue weighted by atomic mass is 9.83. The summed E-state index contributed by atoms with van der Waals surface area (Å²) in [5.74, 6) is 0.768. The van der Waals surface area contributed by atoms with Crippen LogP contribution in [-0.2, 0) is 13.0 Å². The molecule has 0 saturated heterocycles. The normalized spacial score (nSPS) is 14.5. The molecule has 0 saturated carbocycles. The van der Waals surface area contributed by atoms with Gasteiger partial charge in [0.2, 0.25) is 0 Å². The highest BCUT2D eigenvalue weighted by Crippen LogP contribution is 2.45. The van der Waals surface area contributed by atoms with Gasteiger partial charge in [-0.1, -0.05) is 81.1 Å². The van der Waals surface area contributed by atoms with E-state index in [4.69, 9.17) is 0 Å². The van der Waals surface area contributed by atoms with E-state index >= 15 is 0 Å². The minimum absolute atomic E-state index is 0.126. The fourth-order valence-electron chi connectivity index (χ4n) is 6.47. The molecule has 1 aliphatic carbocycles. The highest BCUT2D eigenvalue weighted by atomic mass is 16.1. The van der Waals surface area contributed by atoms with E-state index in [1.54, 1.807) is 6.92 Å². The zero-order chi connectivity index (χ0) is 27.0. The third-order valence-electron chi connectivity index (χ3n) is 8.51. The van der Waals surface area contributed by atoms with Gasteiger partial charge in [-0.2, -0.15) is 0 Å². The molecular weight excluding hydrogens is 462 g/mol. The number of allylic oxidation sites excluding steroid dienone is 1. The first-order valence-corrected chi connectivity index (χ1v) is 14.4. The monoisotopic (exact) mass is 503 g/mol. The number of carbonyl (C=O) groups excluding carboxylic acids is 1. The van der Waals surface area contributed by atoms with Crippen LogP contribution >= 0.6 is 0 Å². The van der Waals surface area contributed by atoms with Crippen LogP contribution in [0.25, 0.3) is 33.8 Å². The first-order chi connectivity index (χ1) is 18.3. The number of rotatable bonds is 8. The molecule has 0 bridgehead atoms. The number of benzene rings is 3. The highest BCUT2D eigenvalue weighted by molar-refractivity contribution is 6.05. The summed E-state index contributed by atoms with van der Waals surface area (Å²) in [5.41, 5.74) is 14.0. The van der Waals surface area contributed by atoms with E-state index in [1.807, 2.05) is 6.07 Å². The van der Waals surface area contributed by atoms with Crippen molar-refractivity contribution in [3.8, 4) is 11.3 Å². The molecule has 2 heteroatoms. The number of hydrogen-bond donors (Lipinski definition) is 0. The van der Waals surface area contributed by atoms with Gasteiger partial charge >= 0.3 is 0 Å². The molecule has 0 radical (unpaired) electrons. The molecule has 1 heterocycles. The number of fused-ring (bicyclic) bond motifs is 5. The van der Waals surface area contributed by atoms with E-state index in [-0.39, 0.29) is 5.78 Å². The van der Waals surface area contributed by atoms with Crippen LogP contribution in [-0.4, -0.2) is 10.4 Å². The Bertz CT molecular complexity index is 1520. The van der Waals surface area contributed by atoms with Crippen molar-refractivity contribution in [1.29, 1.82) is 0 Å². The zero-order valence-electron chi connectivity index (χ0n) is 23.9.